The molecule has 0 saturated heterocycles. The third kappa shape index (κ3) is 3.87. The lowest BCUT2D eigenvalue weighted by atomic mass is 9.93. The van der Waals surface area contributed by atoms with Crippen molar-refractivity contribution in [1.82, 2.24) is 5.32 Å². The number of carbonyl (C=O) groups excluding carboxylic acids is 1. The highest BCUT2D eigenvalue weighted by atomic mass is 16.5. The van der Waals surface area contributed by atoms with Crippen molar-refractivity contribution < 1.29 is 9.53 Å². The normalized spacial score (nSPS) is 17.8. The molecule has 78 valence electrons. The summed E-state index contributed by atoms with van der Waals surface area (Å²) in [7, 11) is 3.56. The molecular weight excluding hydrogens is 166 g/mol. The molecule has 0 aromatic carbocycles. The fourth-order valence-corrected chi connectivity index (χ4v) is 1.58. The molecule has 0 aliphatic rings. The van der Waals surface area contributed by atoms with Crippen LogP contribution in [0.1, 0.15) is 26.7 Å². The first-order chi connectivity index (χ1) is 6.21. The van der Waals surface area contributed by atoms with Gasteiger partial charge in [-0.3, -0.25) is 0 Å². The van der Waals surface area contributed by atoms with Gasteiger partial charge < -0.3 is 14.8 Å². The molecule has 0 aliphatic carbocycles. The van der Waals surface area contributed by atoms with Gasteiger partial charge in [0.2, 0.25) is 0 Å². The number of ether oxygens (including phenoxy) is 1. The Morgan fingerprint density at radius 2 is 2.15 bits per heavy atom. The van der Waals surface area contributed by atoms with E-state index in [1.807, 2.05) is 7.05 Å². The molecule has 0 rings (SSSR count). The maximum atomic E-state index is 10.4. The zero-order valence-electron chi connectivity index (χ0n) is 9.04. The predicted molar refractivity (Wildman–Crippen MR) is 53.8 cm³/mol. The van der Waals surface area contributed by atoms with Gasteiger partial charge in [-0.15, -0.1) is 0 Å². The summed E-state index contributed by atoms with van der Waals surface area (Å²) in [4.78, 5) is 10.4. The van der Waals surface area contributed by atoms with Crippen LogP contribution in [0.2, 0.25) is 0 Å². The van der Waals surface area contributed by atoms with Crippen LogP contribution in [0.4, 0.5) is 0 Å². The van der Waals surface area contributed by atoms with Crippen molar-refractivity contribution >= 4 is 6.29 Å². The van der Waals surface area contributed by atoms with Crippen LogP contribution < -0.4 is 5.32 Å². The monoisotopic (exact) mass is 187 g/mol. The number of nitrogens with one attached hydrogen (secondary N) is 1. The predicted octanol–water partition coefficient (Wildman–Crippen LogP) is 1.22. The minimum absolute atomic E-state index is 0.00236. The van der Waals surface area contributed by atoms with Gasteiger partial charge in [0.05, 0.1) is 6.10 Å². The Kier molecular flexibility index (Phi) is 6.82. The lowest BCUT2D eigenvalue weighted by molar-refractivity contribution is -0.110. The minimum atomic E-state index is -0.00236. The SMILES string of the molecule is CCC(C)C(NC)C(CC=O)OC. The largest absolute Gasteiger partial charge is 0.379 e. The molecule has 0 radical (unpaired) electrons. The topological polar surface area (TPSA) is 38.3 Å². The van der Waals surface area contributed by atoms with Crippen molar-refractivity contribution in [3.63, 3.8) is 0 Å². The van der Waals surface area contributed by atoms with Crippen molar-refractivity contribution in [3.05, 3.63) is 0 Å². The van der Waals surface area contributed by atoms with E-state index in [0.29, 0.717) is 12.3 Å². The van der Waals surface area contributed by atoms with Crippen molar-refractivity contribution in [3.8, 4) is 0 Å². The smallest absolute Gasteiger partial charge is 0.122 e. The van der Waals surface area contributed by atoms with Crippen molar-refractivity contribution in [2.24, 2.45) is 5.92 Å². The average molecular weight is 187 g/mol. The molecule has 13 heavy (non-hydrogen) atoms. The van der Waals surface area contributed by atoms with Crippen LogP contribution in [-0.2, 0) is 9.53 Å². The summed E-state index contributed by atoms with van der Waals surface area (Å²) in [6, 6.07) is 0.264. The fourth-order valence-electron chi connectivity index (χ4n) is 1.58. The molecular formula is C10H21NO2. The van der Waals surface area contributed by atoms with Crippen LogP contribution in [0.15, 0.2) is 0 Å². The highest BCUT2D eigenvalue weighted by Gasteiger charge is 2.23. The first kappa shape index (κ1) is 12.6. The Morgan fingerprint density at radius 3 is 2.46 bits per heavy atom. The Labute approximate surface area is 80.8 Å². The molecule has 3 atom stereocenters. The van der Waals surface area contributed by atoms with Gasteiger partial charge in [0.25, 0.3) is 0 Å². The Bertz CT molecular complexity index is 139. The first-order valence-corrected chi connectivity index (χ1v) is 4.84. The summed E-state index contributed by atoms with van der Waals surface area (Å²) in [5, 5.41) is 3.20. The molecule has 0 aliphatic heterocycles. The van der Waals surface area contributed by atoms with Crippen molar-refractivity contribution in [2.75, 3.05) is 14.2 Å². The second kappa shape index (κ2) is 7.04. The number of likely N-dealkylation sites (N-methyl/N-ethyl adjacent to an activating group) is 1. The zero-order chi connectivity index (χ0) is 10.3. The molecule has 0 aromatic rings. The van der Waals surface area contributed by atoms with E-state index in [2.05, 4.69) is 19.2 Å². The van der Waals surface area contributed by atoms with Crippen LogP contribution in [0.3, 0.4) is 0 Å². The van der Waals surface area contributed by atoms with E-state index in [0.717, 1.165) is 12.7 Å². The van der Waals surface area contributed by atoms with E-state index in [4.69, 9.17) is 4.74 Å². The maximum absolute atomic E-state index is 10.4. The van der Waals surface area contributed by atoms with E-state index in [1.165, 1.54) is 0 Å². The van der Waals surface area contributed by atoms with Gasteiger partial charge in [-0.25, -0.2) is 0 Å². The number of rotatable bonds is 7. The van der Waals surface area contributed by atoms with Gasteiger partial charge in [-0.05, 0) is 13.0 Å². The summed E-state index contributed by atoms with van der Waals surface area (Å²) >= 11 is 0. The van der Waals surface area contributed by atoms with Crippen LogP contribution in [0, 0.1) is 5.92 Å². The minimum Gasteiger partial charge on any atom is -0.379 e. The van der Waals surface area contributed by atoms with Gasteiger partial charge in [0, 0.05) is 19.6 Å². The molecule has 3 nitrogen and oxygen atoms in total. The highest BCUT2D eigenvalue weighted by Crippen LogP contribution is 2.14. The number of hydrogen-bond donors (Lipinski definition) is 1. The quantitative estimate of drug-likeness (QED) is 0.609. The highest BCUT2D eigenvalue weighted by molar-refractivity contribution is 5.50. The molecule has 1 N–H and O–H groups in total. The number of carbonyl (C=O) groups is 1. The van der Waals surface area contributed by atoms with Crippen LogP contribution in [0.25, 0.3) is 0 Å². The van der Waals surface area contributed by atoms with E-state index in [9.17, 15) is 4.79 Å². The summed E-state index contributed by atoms with van der Waals surface area (Å²) in [6.07, 6.45) is 2.47. The van der Waals surface area contributed by atoms with E-state index in [-0.39, 0.29) is 12.1 Å². The van der Waals surface area contributed by atoms with E-state index >= 15 is 0 Å². The summed E-state index contributed by atoms with van der Waals surface area (Å²) < 4.78 is 5.27. The Hall–Kier alpha value is -0.410. The fraction of sp³-hybridized carbons (Fsp3) is 0.900. The molecule has 0 saturated carbocycles. The third-order valence-electron chi connectivity index (χ3n) is 2.62. The molecule has 3 unspecified atom stereocenters. The van der Waals surface area contributed by atoms with Crippen LogP contribution >= 0.6 is 0 Å². The lowest BCUT2D eigenvalue weighted by Crippen LogP contribution is -2.43. The van der Waals surface area contributed by atoms with Gasteiger partial charge in [0.1, 0.15) is 6.29 Å². The van der Waals surface area contributed by atoms with Gasteiger partial charge >= 0.3 is 0 Å². The van der Waals surface area contributed by atoms with Gasteiger partial charge in [-0.1, -0.05) is 20.3 Å². The van der Waals surface area contributed by atoms with Crippen molar-refractivity contribution in [1.29, 1.82) is 0 Å². The second-order valence-electron chi connectivity index (χ2n) is 3.38. The third-order valence-corrected chi connectivity index (χ3v) is 2.62. The van der Waals surface area contributed by atoms with E-state index < -0.39 is 0 Å². The molecule has 3 heteroatoms. The summed E-state index contributed by atoms with van der Waals surface area (Å²) in [5.41, 5.74) is 0. The second-order valence-corrected chi connectivity index (χ2v) is 3.38. The first-order valence-electron chi connectivity index (χ1n) is 4.84. The lowest BCUT2D eigenvalue weighted by Gasteiger charge is -2.29. The standard InChI is InChI=1S/C10H21NO2/c1-5-8(2)10(11-3)9(13-4)6-7-12/h7-11H,5-6H2,1-4H3. The van der Waals surface area contributed by atoms with Crippen molar-refractivity contribution in [2.45, 2.75) is 38.8 Å². The average Bonchev–Trinajstić information content (AvgIpc) is 2.17. The van der Waals surface area contributed by atoms with Gasteiger partial charge in [-0.2, -0.15) is 0 Å². The molecule has 0 amide bonds. The molecule has 0 bridgehead atoms. The summed E-state index contributed by atoms with van der Waals surface area (Å²) in [5.74, 6) is 0.523. The molecule has 0 aromatic heterocycles. The van der Waals surface area contributed by atoms with Crippen LogP contribution in [-0.4, -0.2) is 32.6 Å². The number of hydrogen-bond acceptors (Lipinski definition) is 3. The number of methoxy groups -OCH3 is 1. The zero-order valence-corrected chi connectivity index (χ0v) is 9.04. The maximum Gasteiger partial charge on any atom is 0.122 e. The van der Waals surface area contributed by atoms with Crippen LogP contribution in [0.5, 0.6) is 0 Å². The molecule has 0 heterocycles. The number of aldehydes is 1. The van der Waals surface area contributed by atoms with Gasteiger partial charge in [0.15, 0.2) is 0 Å². The molecule has 0 fully saturated rings. The van der Waals surface area contributed by atoms with E-state index in [1.54, 1.807) is 7.11 Å². The molecule has 0 spiro atoms. The summed E-state index contributed by atoms with van der Waals surface area (Å²) in [6.45, 7) is 4.31. The Balaban J connectivity index is 4.22. The Morgan fingerprint density at radius 1 is 1.54 bits per heavy atom.